The third-order valence-electron chi connectivity index (χ3n) is 2.48. The van der Waals surface area contributed by atoms with Gasteiger partial charge in [0.25, 0.3) is 0 Å². The molecule has 0 unspecified atom stereocenters. The van der Waals surface area contributed by atoms with Gasteiger partial charge in [-0.2, -0.15) is 0 Å². The molecule has 2 heteroatoms. The lowest BCUT2D eigenvalue weighted by atomic mass is 10.00. The molecule has 0 spiro atoms. The standard InChI is InChI=1S/C11H16BrN/c1-8-9(2)11(12)6-5-10(8)4-3-7-13/h5-6H,3-4,7,13H2,1-2H3. The fourth-order valence-electron chi connectivity index (χ4n) is 1.41. The zero-order valence-electron chi connectivity index (χ0n) is 8.23. The lowest BCUT2D eigenvalue weighted by molar-refractivity contribution is 0.826. The molecule has 1 rings (SSSR count). The van der Waals surface area contributed by atoms with E-state index in [1.54, 1.807) is 0 Å². The summed E-state index contributed by atoms with van der Waals surface area (Å²) in [6.45, 7) is 5.09. The summed E-state index contributed by atoms with van der Waals surface area (Å²) in [5.41, 5.74) is 9.64. The number of benzene rings is 1. The van der Waals surface area contributed by atoms with Crippen LogP contribution in [0.5, 0.6) is 0 Å². The first-order chi connectivity index (χ1) is 6.16. The molecule has 1 aromatic carbocycles. The molecule has 0 amide bonds. The van der Waals surface area contributed by atoms with Crippen LogP contribution in [0.15, 0.2) is 16.6 Å². The van der Waals surface area contributed by atoms with E-state index in [2.05, 4.69) is 41.9 Å². The Kier molecular flexibility index (Phi) is 3.94. The van der Waals surface area contributed by atoms with Gasteiger partial charge in [0, 0.05) is 4.47 Å². The van der Waals surface area contributed by atoms with Crippen LogP contribution in [0.1, 0.15) is 23.1 Å². The summed E-state index contributed by atoms with van der Waals surface area (Å²) >= 11 is 3.52. The average molecular weight is 242 g/mol. The van der Waals surface area contributed by atoms with Crippen LogP contribution in [-0.4, -0.2) is 6.54 Å². The van der Waals surface area contributed by atoms with E-state index in [0.717, 1.165) is 19.4 Å². The molecule has 0 aromatic heterocycles. The Morgan fingerprint density at radius 1 is 1.23 bits per heavy atom. The van der Waals surface area contributed by atoms with Crippen molar-refractivity contribution in [3.05, 3.63) is 33.3 Å². The Hall–Kier alpha value is -0.340. The second kappa shape index (κ2) is 4.77. The Morgan fingerprint density at radius 2 is 1.92 bits per heavy atom. The van der Waals surface area contributed by atoms with Crippen molar-refractivity contribution < 1.29 is 0 Å². The molecule has 0 aliphatic carbocycles. The minimum Gasteiger partial charge on any atom is -0.330 e. The highest BCUT2D eigenvalue weighted by molar-refractivity contribution is 9.10. The van der Waals surface area contributed by atoms with Crippen LogP contribution in [0.2, 0.25) is 0 Å². The largest absolute Gasteiger partial charge is 0.330 e. The molecule has 0 saturated carbocycles. The number of rotatable bonds is 3. The van der Waals surface area contributed by atoms with Crippen LogP contribution in [0.3, 0.4) is 0 Å². The zero-order valence-corrected chi connectivity index (χ0v) is 9.82. The van der Waals surface area contributed by atoms with Gasteiger partial charge < -0.3 is 5.73 Å². The van der Waals surface area contributed by atoms with Crippen LogP contribution in [0.25, 0.3) is 0 Å². The van der Waals surface area contributed by atoms with E-state index in [4.69, 9.17) is 5.73 Å². The third kappa shape index (κ3) is 2.55. The van der Waals surface area contributed by atoms with Crippen LogP contribution >= 0.6 is 15.9 Å². The van der Waals surface area contributed by atoms with Crippen molar-refractivity contribution in [3.63, 3.8) is 0 Å². The molecular weight excluding hydrogens is 226 g/mol. The van der Waals surface area contributed by atoms with E-state index in [9.17, 15) is 0 Å². The summed E-state index contributed by atoms with van der Waals surface area (Å²) in [4.78, 5) is 0. The highest BCUT2D eigenvalue weighted by Crippen LogP contribution is 2.22. The monoisotopic (exact) mass is 241 g/mol. The van der Waals surface area contributed by atoms with Gasteiger partial charge in [-0.25, -0.2) is 0 Å². The van der Waals surface area contributed by atoms with Crippen molar-refractivity contribution in [3.8, 4) is 0 Å². The van der Waals surface area contributed by atoms with Crippen molar-refractivity contribution in [1.29, 1.82) is 0 Å². The Bertz CT molecular complexity index is 294. The van der Waals surface area contributed by atoms with Gasteiger partial charge in [0.1, 0.15) is 0 Å². The molecule has 0 aliphatic heterocycles. The molecule has 13 heavy (non-hydrogen) atoms. The maximum absolute atomic E-state index is 5.49. The van der Waals surface area contributed by atoms with E-state index in [-0.39, 0.29) is 0 Å². The third-order valence-corrected chi connectivity index (χ3v) is 3.34. The fraction of sp³-hybridized carbons (Fsp3) is 0.455. The predicted molar refractivity (Wildman–Crippen MR) is 61.0 cm³/mol. The predicted octanol–water partition coefficient (Wildman–Crippen LogP) is 2.96. The first-order valence-corrected chi connectivity index (χ1v) is 5.40. The number of nitrogens with two attached hydrogens (primary N) is 1. The van der Waals surface area contributed by atoms with Gasteiger partial charge in [-0.3, -0.25) is 0 Å². The van der Waals surface area contributed by atoms with E-state index >= 15 is 0 Å². The summed E-state index contributed by atoms with van der Waals surface area (Å²) in [6, 6.07) is 4.30. The first-order valence-electron chi connectivity index (χ1n) is 4.61. The Balaban J connectivity index is 2.90. The van der Waals surface area contributed by atoms with Gasteiger partial charge in [0.05, 0.1) is 0 Å². The van der Waals surface area contributed by atoms with Gasteiger partial charge in [-0.05, 0) is 56.0 Å². The van der Waals surface area contributed by atoms with Gasteiger partial charge in [0.2, 0.25) is 0 Å². The second-order valence-electron chi connectivity index (χ2n) is 3.35. The number of aryl methyl sites for hydroxylation is 1. The van der Waals surface area contributed by atoms with Gasteiger partial charge in [-0.1, -0.05) is 22.0 Å². The van der Waals surface area contributed by atoms with E-state index in [1.807, 2.05) is 0 Å². The van der Waals surface area contributed by atoms with Crippen LogP contribution < -0.4 is 5.73 Å². The molecular formula is C11H16BrN. The number of hydrogen-bond acceptors (Lipinski definition) is 1. The van der Waals surface area contributed by atoms with Crippen molar-refractivity contribution in [1.82, 2.24) is 0 Å². The lowest BCUT2D eigenvalue weighted by Gasteiger charge is -2.09. The van der Waals surface area contributed by atoms with Gasteiger partial charge >= 0.3 is 0 Å². The molecule has 0 heterocycles. The molecule has 0 radical (unpaired) electrons. The molecule has 0 atom stereocenters. The highest BCUT2D eigenvalue weighted by atomic mass is 79.9. The van der Waals surface area contributed by atoms with E-state index < -0.39 is 0 Å². The van der Waals surface area contributed by atoms with Crippen LogP contribution in [0, 0.1) is 13.8 Å². The second-order valence-corrected chi connectivity index (χ2v) is 4.20. The van der Waals surface area contributed by atoms with Gasteiger partial charge in [-0.15, -0.1) is 0 Å². The molecule has 2 N–H and O–H groups in total. The van der Waals surface area contributed by atoms with E-state index in [0.29, 0.717) is 0 Å². The molecule has 72 valence electrons. The average Bonchev–Trinajstić information content (AvgIpc) is 2.13. The quantitative estimate of drug-likeness (QED) is 0.866. The summed E-state index contributed by atoms with van der Waals surface area (Å²) in [5, 5.41) is 0. The minimum atomic E-state index is 0.772. The molecule has 0 bridgehead atoms. The SMILES string of the molecule is Cc1c(Br)ccc(CCCN)c1C. The van der Waals surface area contributed by atoms with Crippen LogP contribution in [0.4, 0.5) is 0 Å². The lowest BCUT2D eigenvalue weighted by Crippen LogP contribution is -2.02. The molecule has 0 saturated heterocycles. The van der Waals surface area contributed by atoms with Crippen molar-refractivity contribution in [2.45, 2.75) is 26.7 Å². The molecule has 1 aromatic rings. The summed E-state index contributed by atoms with van der Waals surface area (Å²) in [7, 11) is 0. The fourth-order valence-corrected chi connectivity index (χ4v) is 1.84. The summed E-state index contributed by atoms with van der Waals surface area (Å²) < 4.78 is 1.20. The minimum absolute atomic E-state index is 0.772. The van der Waals surface area contributed by atoms with E-state index in [1.165, 1.54) is 21.2 Å². The maximum Gasteiger partial charge on any atom is 0.0207 e. The molecule has 0 aliphatic rings. The zero-order chi connectivity index (χ0) is 9.84. The van der Waals surface area contributed by atoms with Crippen molar-refractivity contribution >= 4 is 15.9 Å². The Morgan fingerprint density at radius 3 is 2.54 bits per heavy atom. The maximum atomic E-state index is 5.49. The highest BCUT2D eigenvalue weighted by Gasteiger charge is 2.03. The normalized spacial score (nSPS) is 10.5. The molecule has 0 fully saturated rings. The topological polar surface area (TPSA) is 26.0 Å². The molecule has 1 nitrogen and oxygen atoms in total. The Labute approximate surface area is 88.5 Å². The first kappa shape index (κ1) is 10.7. The van der Waals surface area contributed by atoms with Crippen LogP contribution in [-0.2, 0) is 6.42 Å². The summed E-state index contributed by atoms with van der Waals surface area (Å²) in [5.74, 6) is 0. The smallest absolute Gasteiger partial charge is 0.0207 e. The number of hydrogen-bond donors (Lipinski definition) is 1. The van der Waals surface area contributed by atoms with Crippen molar-refractivity contribution in [2.24, 2.45) is 5.73 Å². The number of halogens is 1. The van der Waals surface area contributed by atoms with Gasteiger partial charge in [0.15, 0.2) is 0 Å². The summed E-state index contributed by atoms with van der Waals surface area (Å²) in [6.07, 6.45) is 2.17. The van der Waals surface area contributed by atoms with Crippen molar-refractivity contribution in [2.75, 3.05) is 6.54 Å².